The molecule has 0 radical (unpaired) electrons. The maximum Gasteiger partial charge on any atom is 0.318 e. The number of anilines is 1. The van der Waals surface area contributed by atoms with Gasteiger partial charge in [0.1, 0.15) is 10.6 Å². The standard InChI is InChI=1S/C19H25N4O9PS/c1-31-33(27)32-13-3-11-22(10-2-12-24)16-6-4-15(5-7-16)20-21-18-9-8-17(23(25)26)14-19(18)34(28,29)30/h4-9,14,24,33H,2-3,10-13H2,1H3,(H,28,29,30)/b21-20+. The predicted molar refractivity (Wildman–Crippen MR) is 124 cm³/mol. The first-order valence-corrected chi connectivity index (χ1v) is 12.7. The Hall–Kier alpha value is -2.74. The van der Waals surface area contributed by atoms with Crippen LogP contribution in [0.15, 0.2) is 57.6 Å². The molecule has 0 aliphatic heterocycles. The number of hydrogen-bond acceptors (Lipinski definition) is 11. The van der Waals surface area contributed by atoms with E-state index in [-0.39, 0.29) is 18.9 Å². The normalized spacial score (nSPS) is 12.7. The first-order valence-electron chi connectivity index (χ1n) is 10.00. The molecule has 0 heterocycles. The Labute approximate surface area is 196 Å². The number of non-ortho nitro benzene ring substituents is 1. The monoisotopic (exact) mass is 516 g/mol. The van der Waals surface area contributed by atoms with Crippen molar-refractivity contribution in [1.82, 2.24) is 0 Å². The number of nitrogens with zero attached hydrogens (tertiary/aromatic N) is 4. The van der Waals surface area contributed by atoms with Gasteiger partial charge in [0.15, 0.2) is 0 Å². The minimum absolute atomic E-state index is 0.0159. The van der Waals surface area contributed by atoms with Crippen LogP contribution >= 0.6 is 8.25 Å². The Morgan fingerprint density at radius 1 is 1.12 bits per heavy atom. The Balaban J connectivity index is 2.15. The highest BCUT2D eigenvalue weighted by Crippen LogP contribution is 2.30. The lowest BCUT2D eigenvalue weighted by Gasteiger charge is -2.24. The Bertz CT molecular complexity index is 1130. The van der Waals surface area contributed by atoms with Gasteiger partial charge in [0, 0.05) is 44.6 Å². The average molecular weight is 516 g/mol. The molecule has 0 aromatic heterocycles. The second kappa shape index (κ2) is 13.2. The summed E-state index contributed by atoms with van der Waals surface area (Å²) >= 11 is 0. The molecule has 0 bridgehead atoms. The summed E-state index contributed by atoms with van der Waals surface area (Å²) in [6.07, 6.45) is 1.11. The van der Waals surface area contributed by atoms with Crippen LogP contribution in [0, 0.1) is 10.1 Å². The first kappa shape index (κ1) is 27.5. The van der Waals surface area contributed by atoms with Crippen LogP contribution in [0.4, 0.5) is 22.7 Å². The molecule has 2 aromatic rings. The van der Waals surface area contributed by atoms with Crippen molar-refractivity contribution in [3.63, 3.8) is 0 Å². The second-order valence-electron chi connectivity index (χ2n) is 6.82. The van der Waals surface area contributed by atoms with Crippen LogP contribution in [0.1, 0.15) is 12.8 Å². The van der Waals surface area contributed by atoms with E-state index in [9.17, 15) is 27.6 Å². The number of aliphatic hydroxyl groups excluding tert-OH is 1. The summed E-state index contributed by atoms with van der Waals surface area (Å²) in [5.41, 5.74) is 0.421. The number of nitro benzene ring substituents is 1. The third-order valence-corrected chi connectivity index (χ3v) is 6.12. The van der Waals surface area contributed by atoms with Crippen LogP contribution in [-0.2, 0) is 23.7 Å². The minimum Gasteiger partial charge on any atom is -0.396 e. The average Bonchev–Trinajstić information content (AvgIpc) is 2.81. The molecule has 0 aliphatic carbocycles. The lowest BCUT2D eigenvalue weighted by molar-refractivity contribution is -0.385. The highest BCUT2D eigenvalue weighted by atomic mass is 32.2. The van der Waals surface area contributed by atoms with Gasteiger partial charge in [0.05, 0.1) is 17.2 Å². The van der Waals surface area contributed by atoms with Crippen LogP contribution in [-0.4, -0.2) is 56.4 Å². The third kappa shape index (κ3) is 8.56. The molecule has 0 fully saturated rings. The quantitative estimate of drug-likeness (QED) is 0.0933. The molecule has 2 aromatic carbocycles. The van der Waals surface area contributed by atoms with Gasteiger partial charge in [0.25, 0.3) is 15.8 Å². The Morgan fingerprint density at radius 3 is 2.38 bits per heavy atom. The SMILES string of the molecule is CO[PH](=O)OCCCN(CCCO)c1ccc(/N=N/c2ccc([N+](=O)[O-])cc2S(=O)(=O)O)cc1. The van der Waals surface area contributed by atoms with Crippen molar-refractivity contribution in [3.8, 4) is 0 Å². The van der Waals surface area contributed by atoms with Gasteiger partial charge in [-0.3, -0.25) is 19.2 Å². The van der Waals surface area contributed by atoms with E-state index in [1.54, 1.807) is 24.3 Å². The summed E-state index contributed by atoms with van der Waals surface area (Å²) in [6.45, 7) is 1.40. The molecule has 0 spiro atoms. The number of hydrogen-bond donors (Lipinski definition) is 2. The van der Waals surface area contributed by atoms with Crippen LogP contribution in [0.3, 0.4) is 0 Å². The smallest absolute Gasteiger partial charge is 0.318 e. The van der Waals surface area contributed by atoms with Crippen LogP contribution in [0.2, 0.25) is 0 Å². The number of benzene rings is 2. The van der Waals surface area contributed by atoms with Gasteiger partial charge in [-0.1, -0.05) is 0 Å². The topological polar surface area (TPSA) is 181 Å². The van der Waals surface area contributed by atoms with Crippen molar-refractivity contribution < 1.29 is 36.6 Å². The molecule has 2 N–H and O–H groups in total. The van der Waals surface area contributed by atoms with E-state index in [0.29, 0.717) is 37.7 Å². The lowest BCUT2D eigenvalue weighted by Crippen LogP contribution is -2.27. The van der Waals surface area contributed by atoms with Gasteiger partial charge >= 0.3 is 8.25 Å². The molecule has 0 aliphatic rings. The highest BCUT2D eigenvalue weighted by molar-refractivity contribution is 7.86. The van der Waals surface area contributed by atoms with E-state index < -0.39 is 33.9 Å². The van der Waals surface area contributed by atoms with Crippen molar-refractivity contribution >= 4 is 41.1 Å². The van der Waals surface area contributed by atoms with Gasteiger partial charge < -0.3 is 19.1 Å². The van der Waals surface area contributed by atoms with Gasteiger partial charge in [-0.15, -0.1) is 5.11 Å². The summed E-state index contributed by atoms with van der Waals surface area (Å²) in [5, 5.41) is 27.8. The van der Waals surface area contributed by atoms with Crippen LogP contribution < -0.4 is 4.90 Å². The van der Waals surface area contributed by atoms with Crippen LogP contribution in [0.5, 0.6) is 0 Å². The number of nitro groups is 1. The molecular formula is C19H25N4O9PS. The molecule has 0 saturated carbocycles. The van der Waals surface area contributed by atoms with Crippen molar-refractivity contribution in [2.75, 3.05) is 38.3 Å². The molecule has 1 atom stereocenters. The predicted octanol–water partition coefficient (Wildman–Crippen LogP) is 3.89. The number of rotatable bonds is 14. The minimum atomic E-state index is -4.76. The van der Waals surface area contributed by atoms with Crippen molar-refractivity contribution in [2.24, 2.45) is 10.2 Å². The third-order valence-electron chi connectivity index (χ3n) is 4.47. The molecular weight excluding hydrogens is 491 g/mol. The van der Waals surface area contributed by atoms with Crippen molar-refractivity contribution in [1.29, 1.82) is 0 Å². The maximum atomic E-state index is 11.6. The molecule has 34 heavy (non-hydrogen) atoms. The fourth-order valence-electron chi connectivity index (χ4n) is 2.85. The number of azo groups is 1. The molecule has 13 nitrogen and oxygen atoms in total. The molecule has 1 unspecified atom stereocenters. The van der Waals surface area contributed by atoms with Gasteiger partial charge in [-0.25, -0.2) is 0 Å². The Morgan fingerprint density at radius 2 is 1.79 bits per heavy atom. The second-order valence-corrected chi connectivity index (χ2v) is 9.41. The van der Waals surface area contributed by atoms with Gasteiger partial charge in [-0.05, 0) is 43.2 Å². The van der Waals surface area contributed by atoms with Crippen molar-refractivity contribution in [2.45, 2.75) is 17.7 Å². The maximum absolute atomic E-state index is 11.6. The zero-order valence-corrected chi connectivity index (χ0v) is 20.0. The fourth-order valence-corrected chi connectivity index (χ4v) is 3.92. The summed E-state index contributed by atoms with van der Waals surface area (Å²) in [4.78, 5) is 11.4. The molecule has 2 rings (SSSR count). The summed E-state index contributed by atoms with van der Waals surface area (Å²) in [7, 11) is -5.93. The van der Waals surface area contributed by atoms with E-state index >= 15 is 0 Å². The van der Waals surface area contributed by atoms with E-state index in [2.05, 4.69) is 14.8 Å². The van der Waals surface area contributed by atoms with Crippen LogP contribution in [0.25, 0.3) is 0 Å². The van der Waals surface area contributed by atoms with Gasteiger partial charge in [-0.2, -0.15) is 13.5 Å². The van der Waals surface area contributed by atoms with E-state index in [4.69, 9.17) is 9.63 Å². The summed E-state index contributed by atoms with van der Waals surface area (Å²) < 4.78 is 53.4. The summed E-state index contributed by atoms with van der Waals surface area (Å²) in [6, 6.07) is 9.61. The zero-order chi connectivity index (χ0) is 25.1. The molecule has 15 heteroatoms. The lowest BCUT2D eigenvalue weighted by atomic mass is 10.2. The molecule has 0 saturated heterocycles. The molecule has 0 amide bonds. The zero-order valence-electron chi connectivity index (χ0n) is 18.2. The van der Waals surface area contributed by atoms with Crippen molar-refractivity contribution in [3.05, 3.63) is 52.6 Å². The number of aliphatic hydroxyl groups is 1. The van der Waals surface area contributed by atoms with Gasteiger partial charge in [0.2, 0.25) is 0 Å². The highest BCUT2D eigenvalue weighted by Gasteiger charge is 2.20. The fraction of sp³-hybridized carbons (Fsp3) is 0.368. The first-order chi connectivity index (χ1) is 16.2. The largest absolute Gasteiger partial charge is 0.396 e. The Kier molecular flexibility index (Phi) is 10.7. The van der Waals surface area contributed by atoms with E-state index in [0.717, 1.165) is 17.8 Å². The summed E-state index contributed by atoms with van der Waals surface area (Å²) in [5.74, 6) is 0. The van der Waals surface area contributed by atoms with E-state index in [1.165, 1.54) is 7.11 Å². The van der Waals surface area contributed by atoms with E-state index in [1.807, 2.05) is 4.90 Å². The molecule has 186 valence electrons.